The van der Waals surface area contributed by atoms with Crippen LogP contribution in [-0.4, -0.2) is 27.8 Å². The molecular formula is C21H20N4O2. The molecule has 2 aromatic carbocycles. The lowest BCUT2D eigenvalue weighted by molar-refractivity contribution is 0.0946. The molecule has 0 aliphatic rings. The van der Waals surface area contributed by atoms with Crippen LogP contribution in [0, 0.1) is 0 Å². The number of hydrogen-bond acceptors (Lipinski definition) is 3. The molecule has 2 N–H and O–H groups in total. The predicted octanol–water partition coefficient (Wildman–Crippen LogP) is 3.35. The normalized spacial score (nSPS) is 10.9. The summed E-state index contributed by atoms with van der Waals surface area (Å²) in [5.41, 5.74) is 3.60. The number of nitrogens with one attached hydrogen (secondary N) is 2. The number of aromatic amines is 1. The summed E-state index contributed by atoms with van der Waals surface area (Å²) < 4.78 is 7.09. The molecule has 0 atom stereocenters. The van der Waals surface area contributed by atoms with Crippen molar-refractivity contribution in [2.75, 3.05) is 7.11 Å². The van der Waals surface area contributed by atoms with Gasteiger partial charge in [-0.15, -0.1) is 0 Å². The summed E-state index contributed by atoms with van der Waals surface area (Å²) in [4.78, 5) is 15.6. The number of nitrogens with zero attached hydrogens (tertiary/aromatic N) is 2. The maximum atomic E-state index is 12.5. The van der Waals surface area contributed by atoms with Crippen LogP contribution in [0.3, 0.4) is 0 Å². The molecule has 6 heteroatoms. The first-order valence-corrected chi connectivity index (χ1v) is 8.71. The minimum absolute atomic E-state index is 0.136. The number of fused-ring (bicyclic) bond motifs is 1. The van der Waals surface area contributed by atoms with Gasteiger partial charge in [0.05, 0.1) is 13.7 Å². The molecule has 4 aromatic rings. The summed E-state index contributed by atoms with van der Waals surface area (Å²) in [7, 11) is 1.62. The van der Waals surface area contributed by atoms with Gasteiger partial charge in [-0.2, -0.15) is 5.10 Å². The summed E-state index contributed by atoms with van der Waals surface area (Å²) in [6.07, 6.45) is 3.69. The Balaban J connectivity index is 1.43. The Morgan fingerprint density at radius 1 is 1.15 bits per heavy atom. The molecule has 2 aromatic heterocycles. The molecule has 0 aliphatic heterocycles. The zero-order valence-electron chi connectivity index (χ0n) is 15.0. The minimum atomic E-state index is -0.136. The van der Waals surface area contributed by atoms with E-state index in [0.29, 0.717) is 18.8 Å². The van der Waals surface area contributed by atoms with Gasteiger partial charge in [-0.1, -0.05) is 24.3 Å². The number of carbonyl (C=O) groups is 1. The third-order valence-corrected chi connectivity index (χ3v) is 4.42. The number of H-pyrrole nitrogens is 1. The average molecular weight is 360 g/mol. The van der Waals surface area contributed by atoms with Crippen molar-refractivity contribution in [2.24, 2.45) is 0 Å². The van der Waals surface area contributed by atoms with Gasteiger partial charge < -0.3 is 15.0 Å². The molecule has 136 valence electrons. The van der Waals surface area contributed by atoms with Crippen molar-refractivity contribution in [2.45, 2.75) is 13.1 Å². The van der Waals surface area contributed by atoms with Crippen molar-refractivity contribution in [3.63, 3.8) is 0 Å². The van der Waals surface area contributed by atoms with Crippen molar-refractivity contribution < 1.29 is 9.53 Å². The van der Waals surface area contributed by atoms with E-state index < -0.39 is 0 Å². The second kappa shape index (κ2) is 7.37. The van der Waals surface area contributed by atoms with E-state index >= 15 is 0 Å². The van der Waals surface area contributed by atoms with E-state index in [-0.39, 0.29) is 5.91 Å². The van der Waals surface area contributed by atoms with Gasteiger partial charge in [0, 0.05) is 35.9 Å². The zero-order chi connectivity index (χ0) is 18.6. The molecular weight excluding hydrogens is 340 g/mol. The van der Waals surface area contributed by atoms with E-state index in [1.807, 2.05) is 53.3 Å². The quantitative estimate of drug-likeness (QED) is 0.554. The Hall–Kier alpha value is -3.54. The predicted molar refractivity (Wildman–Crippen MR) is 104 cm³/mol. The van der Waals surface area contributed by atoms with Crippen LogP contribution in [0.5, 0.6) is 5.75 Å². The number of carbonyl (C=O) groups excluding carboxylic acids is 1. The summed E-state index contributed by atoms with van der Waals surface area (Å²) in [6.45, 7) is 1.17. The highest BCUT2D eigenvalue weighted by Gasteiger charge is 2.10. The van der Waals surface area contributed by atoms with Crippen molar-refractivity contribution in [3.05, 3.63) is 83.8 Å². The molecule has 0 saturated heterocycles. The lowest BCUT2D eigenvalue weighted by Gasteiger charge is -2.07. The van der Waals surface area contributed by atoms with Crippen LogP contribution in [0.1, 0.15) is 21.6 Å². The van der Waals surface area contributed by atoms with Crippen molar-refractivity contribution in [1.29, 1.82) is 0 Å². The van der Waals surface area contributed by atoms with Gasteiger partial charge in [0.1, 0.15) is 11.4 Å². The van der Waals surface area contributed by atoms with E-state index in [0.717, 1.165) is 27.8 Å². The second-order valence-corrected chi connectivity index (χ2v) is 6.34. The van der Waals surface area contributed by atoms with Crippen LogP contribution < -0.4 is 10.1 Å². The van der Waals surface area contributed by atoms with Crippen molar-refractivity contribution in [1.82, 2.24) is 20.1 Å². The highest BCUT2D eigenvalue weighted by atomic mass is 16.5. The fourth-order valence-electron chi connectivity index (χ4n) is 3.05. The lowest BCUT2D eigenvalue weighted by Crippen LogP contribution is -2.23. The van der Waals surface area contributed by atoms with E-state index in [4.69, 9.17) is 4.74 Å². The fourth-order valence-corrected chi connectivity index (χ4v) is 3.05. The molecule has 4 rings (SSSR count). The van der Waals surface area contributed by atoms with E-state index in [9.17, 15) is 4.79 Å². The molecule has 1 amide bonds. The minimum Gasteiger partial charge on any atom is -0.497 e. The number of methoxy groups -OCH3 is 1. The average Bonchev–Trinajstić information content (AvgIpc) is 3.35. The topological polar surface area (TPSA) is 71.9 Å². The third kappa shape index (κ3) is 3.84. The highest BCUT2D eigenvalue weighted by molar-refractivity contribution is 5.98. The molecule has 0 aliphatic carbocycles. The summed E-state index contributed by atoms with van der Waals surface area (Å²) in [5.74, 6) is 0.618. The van der Waals surface area contributed by atoms with Gasteiger partial charge in [0.15, 0.2) is 0 Å². The van der Waals surface area contributed by atoms with Crippen LogP contribution >= 0.6 is 0 Å². The maximum Gasteiger partial charge on any atom is 0.267 e. The van der Waals surface area contributed by atoms with Gasteiger partial charge in [0.25, 0.3) is 5.91 Å². The van der Waals surface area contributed by atoms with E-state index in [1.165, 1.54) is 0 Å². The molecule has 0 bridgehead atoms. The molecule has 0 radical (unpaired) electrons. The maximum absolute atomic E-state index is 12.5. The monoisotopic (exact) mass is 360 g/mol. The first-order valence-electron chi connectivity index (χ1n) is 8.71. The molecule has 0 saturated carbocycles. The van der Waals surface area contributed by atoms with Crippen molar-refractivity contribution in [3.8, 4) is 5.75 Å². The summed E-state index contributed by atoms with van der Waals surface area (Å²) >= 11 is 0. The Morgan fingerprint density at radius 3 is 2.85 bits per heavy atom. The largest absolute Gasteiger partial charge is 0.497 e. The Bertz CT molecular complexity index is 1070. The SMILES string of the molecule is COc1ccc2cc(C(=O)NCc3cccc(Cn4cccn4)c3)[nH]c2c1. The fraction of sp³-hybridized carbons (Fsp3) is 0.143. The first kappa shape index (κ1) is 16.9. The number of ether oxygens (including phenoxy) is 1. The van der Waals surface area contributed by atoms with Gasteiger partial charge in [-0.25, -0.2) is 0 Å². The molecule has 2 heterocycles. The van der Waals surface area contributed by atoms with Crippen molar-refractivity contribution >= 4 is 16.8 Å². The third-order valence-electron chi connectivity index (χ3n) is 4.42. The second-order valence-electron chi connectivity index (χ2n) is 6.34. The molecule has 6 nitrogen and oxygen atoms in total. The smallest absolute Gasteiger partial charge is 0.267 e. The van der Waals surface area contributed by atoms with Crippen LogP contribution in [0.2, 0.25) is 0 Å². The molecule has 0 fully saturated rings. The standard InChI is InChI=1S/C21H20N4O2/c1-27-18-7-6-17-11-20(24-19(17)12-18)21(26)22-13-15-4-2-5-16(10-15)14-25-9-3-8-23-25/h2-12,24H,13-14H2,1H3,(H,22,26). The number of amides is 1. The van der Waals surface area contributed by atoms with Crippen LogP contribution in [0.25, 0.3) is 10.9 Å². The highest BCUT2D eigenvalue weighted by Crippen LogP contribution is 2.21. The van der Waals surface area contributed by atoms with Gasteiger partial charge in [-0.3, -0.25) is 9.48 Å². The van der Waals surface area contributed by atoms with Gasteiger partial charge in [0.2, 0.25) is 0 Å². The summed E-state index contributed by atoms with van der Waals surface area (Å²) in [6, 6.07) is 17.6. The van der Waals surface area contributed by atoms with Crippen LogP contribution in [0.4, 0.5) is 0 Å². The molecule has 27 heavy (non-hydrogen) atoms. The van der Waals surface area contributed by atoms with Gasteiger partial charge in [-0.05, 0) is 35.4 Å². The van der Waals surface area contributed by atoms with Crippen LogP contribution in [-0.2, 0) is 13.1 Å². The molecule has 0 spiro atoms. The Labute approximate surface area is 156 Å². The lowest BCUT2D eigenvalue weighted by atomic mass is 10.1. The van der Waals surface area contributed by atoms with E-state index in [1.54, 1.807) is 13.3 Å². The summed E-state index contributed by atoms with van der Waals surface area (Å²) in [5, 5.41) is 8.16. The Kier molecular flexibility index (Phi) is 4.61. The first-order chi connectivity index (χ1) is 13.2. The number of hydrogen-bond donors (Lipinski definition) is 2. The number of rotatable bonds is 6. The molecule has 0 unspecified atom stereocenters. The Morgan fingerprint density at radius 2 is 2.04 bits per heavy atom. The van der Waals surface area contributed by atoms with E-state index in [2.05, 4.69) is 27.5 Å². The number of benzene rings is 2. The zero-order valence-corrected chi connectivity index (χ0v) is 15.0. The van der Waals surface area contributed by atoms with Crippen LogP contribution in [0.15, 0.2) is 67.0 Å². The van der Waals surface area contributed by atoms with Gasteiger partial charge >= 0.3 is 0 Å². The number of aromatic nitrogens is 3.